The number of carbonyl (C=O) groups excluding carboxylic acids is 4. The average Bonchev–Trinajstić information content (AvgIpc) is 3.29. The van der Waals surface area contributed by atoms with Crippen molar-refractivity contribution in [2.75, 3.05) is 19.6 Å². The number of hydrogen-bond donors (Lipinski definition) is 3. The van der Waals surface area contributed by atoms with E-state index in [4.69, 9.17) is 4.74 Å². The third kappa shape index (κ3) is 6.30. The zero-order valence-electron chi connectivity index (χ0n) is 26.9. The number of hydrogen-bond acceptors (Lipinski definition) is 6. The van der Waals surface area contributed by atoms with Crippen LogP contribution in [0, 0.1) is 17.8 Å². The maximum absolute atomic E-state index is 14.3. The van der Waals surface area contributed by atoms with E-state index in [1.54, 1.807) is 30.6 Å². The Hall–Kier alpha value is -4.09. The van der Waals surface area contributed by atoms with Gasteiger partial charge >= 0.3 is 18.1 Å². The predicted octanol–water partition coefficient (Wildman–Crippen LogP) is 3.25. The SMILES string of the molecule is CC(C)(C)OC(=O)N[C@@H]1CCCCC/C=C\[C@H]2C[C@@]2(C(=O)O)NC(=O)[C@@H]2[C@H]3CN(C(=O)N4Cc5ccccc5C4)C[C@H]3CN2C1=O. The molecule has 1 aliphatic carbocycles. The van der Waals surface area contributed by atoms with Gasteiger partial charge in [0, 0.05) is 50.5 Å². The lowest BCUT2D eigenvalue weighted by atomic mass is 9.93. The van der Waals surface area contributed by atoms with Gasteiger partial charge in [-0.2, -0.15) is 0 Å². The van der Waals surface area contributed by atoms with E-state index in [1.807, 2.05) is 36.4 Å². The highest BCUT2D eigenvalue weighted by molar-refractivity contribution is 5.96. The summed E-state index contributed by atoms with van der Waals surface area (Å²) in [4.78, 5) is 72.4. The van der Waals surface area contributed by atoms with Gasteiger partial charge in [-0.25, -0.2) is 14.4 Å². The molecule has 0 bridgehead atoms. The Bertz CT molecular complexity index is 1410. The summed E-state index contributed by atoms with van der Waals surface area (Å²) in [6.07, 6.45) is 6.91. The molecule has 5 amide bonds. The number of allylic oxidation sites excluding steroid dienone is 1. The maximum Gasteiger partial charge on any atom is 0.408 e. The molecule has 1 saturated carbocycles. The van der Waals surface area contributed by atoms with Crippen LogP contribution in [0.15, 0.2) is 36.4 Å². The molecular weight excluding hydrogens is 590 g/mol. The highest BCUT2D eigenvalue weighted by Gasteiger charge is 2.62. The van der Waals surface area contributed by atoms with E-state index in [1.165, 1.54) is 4.90 Å². The highest BCUT2D eigenvalue weighted by Crippen LogP contribution is 2.46. The van der Waals surface area contributed by atoms with Crippen molar-refractivity contribution in [1.82, 2.24) is 25.3 Å². The van der Waals surface area contributed by atoms with Gasteiger partial charge in [-0.05, 0) is 57.6 Å². The number of ether oxygens (including phenoxy) is 1. The summed E-state index contributed by atoms with van der Waals surface area (Å²) in [7, 11) is 0. The molecule has 12 nitrogen and oxygen atoms in total. The van der Waals surface area contributed by atoms with Crippen LogP contribution in [-0.4, -0.2) is 92.6 Å². The van der Waals surface area contributed by atoms with Crippen LogP contribution in [0.25, 0.3) is 0 Å². The van der Waals surface area contributed by atoms with Crippen molar-refractivity contribution >= 4 is 29.9 Å². The van der Waals surface area contributed by atoms with Crippen LogP contribution in [0.2, 0.25) is 0 Å². The number of carboxylic acid groups (broad SMARTS) is 1. The van der Waals surface area contributed by atoms with Crippen molar-refractivity contribution in [1.29, 1.82) is 0 Å². The molecule has 3 N–H and O–H groups in total. The molecule has 248 valence electrons. The van der Waals surface area contributed by atoms with E-state index in [0.717, 1.165) is 30.4 Å². The smallest absolute Gasteiger partial charge is 0.408 e. The second-order valence-corrected chi connectivity index (χ2v) is 14.5. The van der Waals surface area contributed by atoms with Crippen LogP contribution in [0.5, 0.6) is 0 Å². The zero-order valence-corrected chi connectivity index (χ0v) is 26.9. The molecule has 0 unspecified atom stereocenters. The Morgan fingerprint density at radius 3 is 2.39 bits per heavy atom. The van der Waals surface area contributed by atoms with Gasteiger partial charge in [-0.15, -0.1) is 0 Å². The second-order valence-electron chi connectivity index (χ2n) is 14.5. The highest BCUT2D eigenvalue weighted by atomic mass is 16.6. The van der Waals surface area contributed by atoms with E-state index in [2.05, 4.69) is 10.6 Å². The number of urea groups is 1. The van der Waals surface area contributed by atoms with Crippen molar-refractivity contribution < 1.29 is 33.8 Å². The lowest BCUT2D eigenvalue weighted by Crippen LogP contribution is -2.58. The van der Waals surface area contributed by atoms with Crippen molar-refractivity contribution in [3.05, 3.63) is 47.5 Å². The molecule has 2 saturated heterocycles. The summed E-state index contributed by atoms with van der Waals surface area (Å²) in [6, 6.07) is 5.95. The fourth-order valence-electron chi connectivity index (χ4n) is 7.64. The molecule has 1 aromatic carbocycles. The van der Waals surface area contributed by atoms with E-state index < -0.39 is 47.1 Å². The van der Waals surface area contributed by atoms with Gasteiger partial charge in [0.1, 0.15) is 23.2 Å². The topological polar surface area (TPSA) is 149 Å². The Labute approximate surface area is 269 Å². The van der Waals surface area contributed by atoms with Gasteiger partial charge in [0.2, 0.25) is 11.8 Å². The molecule has 0 radical (unpaired) electrons. The Morgan fingerprint density at radius 1 is 1.00 bits per heavy atom. The number of benzene rings is 1. The fourth-order valence-corrected chi connectivity index (χ4v) is 7.64. The number of fused-ring (bicyclic) bond motifs is 5. The van der Waals surface area contributed by atoms with Crippen molar-refractivity contribution in [2.45, 2.75) is 95.6 Å². The normalized spacial score (nSPS) is 31.8. The second kappa shape index (κ2) is 12.3. The molecule has 3 fully saturated rings. The fraction of sp³-hybridized carbons (Fsp3) is 0.618. The standard InChI is InChI=1S/C34H45N5O7/c1-33(2,3)46-31(44)35-26-14-8-6-4-5-7-13-24-15-34(24,30(42)43)36-28(40)27-25-20-38(18-23(25)19-39(27)29(26)41)32(45)37-16-21-11-9-10-12-22(21)17-37/h7,9-13,23-27H,4-6,8,14-20H2,1-3H3,(H,35,44)(H,36,40)(H,42,43)/b13-7-/t23-,24-,25-,26+,27-,34+/m0/s1. The number of carbonyl (C=O) groups is 5. The number of nitrogens with zero attached hydrogens (tertiary/aromatic N) is 3. The molecular formula is C34H45N5O7. The number of nitrogens with one attached hydrogen (secondary N) is 2. The van der Waals surface area contributed by atoms with Crippen LogP contribution in [-0.2, 0) is 32.2 Å². The number of alkyl carbamates (subject to hydrolysis) is 1. The quantitative estimate of drug-likeness (QED) is 0.423. The molecule has 4 aliphatic heterocycles. The summed E-state index contributed by atoms with van der Waals surface area (Å²) >= 11 is 0. The van der Waals surface area contributed by atoms with Crippen molar-refractivity contribution in [3.63, 3.8) is 0 Å². The summed E-state index contributed by atoms with van der Waals surface area (Å²) in [6.45, 7) is 7.15. The van der Waals surface area contributed by atoms with Gasteiger partial charge in [0.15, 0.2) is 0 Å². The molecule has 0 aromatic heterocycles. The number of rotatable bonds is 2. The predicted molar refractivity (Wildman–Crippen MR) is 167 cm³/mol. The molecule has 0 spiro atoms. The van der Waals surface area contributed by atoms with Gasteiger partial charge in [-0.3, -0.25) is 9.59 Å². The minimum Gasteiger partial charge on any atom is -0.479 e. The third-order valence-corrected chi connectivity index (χ3v) is 10.1. The summed E-state index contributed by atoms with van der Waals surface area (Å²) < 4.78 is 5.47. The van der Waals surface area contributed by atoms with E-state index >= 15 is 0 Å². The number of carboxylic acids is 1. The van der Waals surface area contributed by atoms with Crippen LogP contribution in [0.1, 0.15) is 70.4 Å². The molecule has 12 heteroatoms. The van der Waals surface area contributed by atoms with Gasteiger partial charge in [-0.1, -0.05) is 49.3 Å². The van der Waals surface area contributed by atoms with Gasteiger partial charge in [0.25, 0.3) is 0 Å². The molecule has 6 atom stereocenters. The number of aliphatic carboxylic acids is 1. The monoisotopic (exact) mass is 635 g/mol. The molecule has 5 aliphatic rings. The van der Waals surface area contributed by atoms with E-state index in [0.29, 0.717) is 32.5 Å². The summed E-state index contributed by atoms with van der Waals surface area (Å²) in [5, 5.41) is 15.8. The number of likely N-dealkylation sites (tertiary alicyclic amines) is 1. The van der Waals surface area contributed by atoms with Crippen molar-refractivity contribution in [2.24, 2.45) is 17.8 Å². The third-order valence-electron chi connectivity index (χ3n) is 10.1. The first-order chi connectivity index (χ1) is 21.9. The Kier molecular flexibility index (Phi) is 8.49. The van der Waals surface area contributed by atoms with Crippen LogP contribution in [0.4, 0.5) is 9.59 Å². The van der Waals surface area contributed by atoms with E-state index in [9.17, 15) is 29.1 Å². The zero-order chi connectivity index (χ0) is 32.8. The Balaban J connectivity index is 1.25. The van der Waals surface area contributed by atoms with E-state index in [-0.39, 0.29) is 43.3 Å². The molecule has 6 rings (SSSR count). The minimum absolute atomic E-state index is 0.111. The van der Waals surface area contributed by atoms with Crippen LogP contribution in [0.3, 0.4) is 0 Å². The molecule has 4 heterocycles. The first kappa shape index (κ1) is 31.9. The Morgan fingerprint density at radius 2 is 1.72 bits per heavy atom. The average molecular weight is 636 g/mol. The molecule has 46 heavy (non-hydrogen) atoms. The van der Waals surface area contributed by atoms with Gasteiger partial charge < -0.3 is 35.2 Å². The first-order valence-electron chi connectivity index (χ1n) is 16.5. The van der Waals surface area contributed by atoms with Crippen LogP contribution >= 0.6 is 0 Å². The minimum atomic E-state index is -1.43. The number of amides is 5. The maximum atomic E-state index is 14.3. The summed E-state index contributed by atoms with van der Waals surface area (Å²) in [5.41, 5.74) is 0.0439. The molecule has 1 aromatic rings. The van der Waals surface area contributed by atoms with Crippen molar-refractivity contribution in [3.8, 4) is 0 Å². The summed E-state index contributed by atoms with van der Waals surface area (Å²) in [5.74, 6) is -2.92. The lowest BCUT2D eigenvalue weighted by molar-refractivity contribution is -0.146. The lowest BCUT2D eigenvalue weighted by Gasteiger charge is -2.33. The van der Waals surface area contributed by atoms with Gasteiger partial charge in [0.05, 0.1) is 0 Å². The largest absolute Gasteiger partial charge is 0.479 e. The first-order valence-corrected chi connectivity index (χ1v) is 16.5. The van der Waals surface area contributed by atoms with Crippen LogP contribution < -0.4 is 10.6 Å².